The molecular formula is C27H26N2O. The third-order valence-electron chi connectivity index (χ3n) is 5.41. The first-order chi connectivity index (χ1) is 14.5. The topological polar surface area (TPSA) is 38.4 Å². The van der Waals surface area contributed by atoms with Gasteiger partial charge in [0.05, 0.1) is 0 Å². The lowest BCUT2D eigenvalue weighted by atomic mass is 9.97. The smallest absolute Gasteiger partial charge is 0.227 e. The van der Waals surface area contributed by atoms with E-state index in [1.807, 2.05) is 19.2 Å². The van der Waals surface area contributed by atoms with Gasteiger partial charge in [0, 0.05) is 35.3 Å². The van der Waals surface area contributed by atoms with E-state index in [0.29, 0.717) is 5.71 Å². The standard InChI is InChI=1S/C27H26N2O/c1-17-6-11-21(12-7-17)22(16-28-5)13-8-18(2)25-19(3)9-14-23-24-15-10-20(4)29-27(24)30-26(23)25/h6-16H,1-5H3/b18-8+,22-13+,28-16+. The molecule has 0 aliphatic heterocycles. The average molecular weight is 395 g/mol. The second-order valence-electron chi connectivity index (χ2n) is 7.77. The van der Waals surface area contributed by atoms with E-state index in [1.165, 1.54) is 11.1 Å². The van der Waals surface area contributed by atoms with E-state index in [1.54, 1.807) is 7.05 Å². The predicted molar refractivity (Wildman–Crippen MR) is 128 cm³/mol. The number of allylic oxidation sites excluding steroid dienone is 4. The highest BCUT2D eigenvalue weighted by atomic mass is 16.3. The highest BCUT2D eigenvalue weighted by Crippen LogP contribution is 2.35. The fourth-order valence-electron chi connectivity index (χ4n) is 3.80. The number of aromatic nitrogens is 1. The van der Waals surface area contributed by atoms with Crippen LogP contribution in [-0.2, 0) is 0 Å². The van der Waals surface area contributed by atoms with E-state index in [4.69, 9.17) is 4.42 Å². The number of benzene rings is 2. The third-order valence-corrected chi connectivity index (χ3v) is 5.41. The Hall–Kier alpha value is -3.46. The van der Waals surface area contributed by atoms with E-state index in [9.17, 15) is 0 Å². The maximum Gasteiger partial charge on any atom is 0.227 e. The van der Waals surface area contributed by atoms with Gasteiger partial charge in [-0.05, 0) is 62.1 Å². The Bertz CT molecular complexity index is 1320. The van der Waals surface area contributed by atoms with Crippen LogP contribution in [0.1, 0.15) is 34.9 Å². The van der Waals surface area contributed by atoms with Gasteiger partial charge in [-0.2, -0.15) is 0 Å². The molecule has 0 N–H and O–H groups in total. The van der Waals surface area contributed by atoms with E-state index in [2.05, 4.69) is 85.4 Å². The van der Waals surface area contributed by atoms with Crippen molar-refractivity contribution in [2.24, 2.45) is 4.99 Å². The molecule has 0 unspecified atom stereocenters. The van der Waals surface area contributed by atoms with Crippen molar-refractivity contribution in [1.82, 2.24) is 4.98 Å². The molecule has 0 aliphatic carbocycles. The zero-order chi connectivity index (χ0) is 21.3. The Morgan fingerprint density at radius 3 is 2.37 bits per heavy atom. The Kier molecular flexibility index (Phi) is 5.37. The molecule has 4 aromatic rings. The van der Waals surface area contributed by atoms with Crippen LogP contribution in [0.4, 0.5) is 0 Å². The van der Waals surface area contributed by atoms with Crippen molar-refractivity contribution in [3.05, 3.63) is 88.6 Å². The van der Waals surface area contributed by atoms with Gasteiger partial charge in [0.1, 0.15) is 5.58 Å². The van der Waals surface area contributed by atoms with Crippen molar-refractivity contribution >= 4 is 39.4 Å². The second kappa shape index (κ2) is 8.11. The fourth-order valence-corrected chi connectivity index (χ4v) is 3.80. The molecule has 3 nitrogen and oxygen atoms in total. The molecule has 2 aromatic carbocycles. The molecule has 0 atom stereocenters. The second-order valence-corrected chi connectivity index (χ2v) is 7.77. The van der Waals surface area contributed by atoms with Crippen LogP contribution in [0.25, 0.3) is 33.2 Å². The molecule has 30 heavy (non-hydrogen) atoms. The number of furan rings is 1. The van der Waals surface area contributed by atoms with E-state index < -0.39 is 0 Å². The molecule has 0 saturated heterocycles. The average Bonchev–Trinajstić information content (AvgIpc) is 3.08. The van der Waals surface area contributed by atoms with Crippen molar-refractivity contribution < 1.29 is 4.42 Å². The summed E-state index contributed by atoms with van der Waals surface area (Å²) in [4.78, 5) is 8.81. The SMILES string of the molecule is C/N=C/C(=C\C=C(/C)c1c(C)ccc2c1oc1nc(C)ccc12)c1ccc(C)cc1. The lowest BCUT2D eigenvalue weighted by Crippen LogP contribution is -1.89. The largest absolute Gasteiger partial charge is 0.437 e. The Morgan fingerprint density at radius 2 is 1.63 bits per heavy atom. The Labute approximate surface area is 177 Å². The number of pyridine rings is 1. The molecule has 0 bridgehead atoms. The molecule has 3 heteroatoms. The van der Waals surface area contributed by atoms with Gasteiger partial charge in [-0.15, -0.1) is 0 Å². The highest BCUT2D eigenvalue weighted by Gasteiger charge is 2.15. The summed E-state index contributed by atoms with van der Waals surface area (Å²) >= 11 is 0. The minimum Gasteiger partial charge on any atom is -0.437 e. The summed E-state index contributed by atoms with van der Waals surface area (Å²) in [5, 5.41) is 2.15. The Morgan fingerprint density at radius 1 is 0.900 bits per heavy atom. The van der Waals surface area contributed by atoms with Gasteiger partial charge in [0.25, 0.3) is 0 Å². The first-order valence-corrected chi connectivity index (χ1v) is 10.2. The minimum absolute atomic E-state index is 0.693. The normalized spacial score (nSPS) is 13.1. The molecule has 0 amide bonds. The number of aliphatic imine (C=N–C) groups is 1. The van der Waals surface area contributed by atoms with Crippen LogP contribution in [0.2, 0.25) is 0 Å². The number of nitrogens with zero attached hydrogens (tertiary/aromatic N) is 2. The summed E-state index contributed by atoms with van der Waals surface area (Å²) in [7, 11) is 1.80. The van der Waals surface area contributed by atoms with E-state index in [0.717, 1.165) is 44.3 Å². The van der Waals surface area contributed by atoms with Crippen LogP contribution in [0.15, 0.2) is 70.1 Å². The lowest BCUT2D eigenvalue weighted by molar-refractivity contribution is 0.651. The van der Waals surface area contributed by atoms with Crippen molar-refractivity contribution in [3.8, 4) is 0 Å². The maximum atomic E-state index is 6.22. The lowest BCUT2D eigenvalue weighted by Gasteiger charge is -2.07. The summed E-state index contributed by atoms with van der Waals surface area (Å²) in [5.41, 5.74) is 9.45. The highest BCUT2D eigenvalue weighted by molar-refractivity contribution is 6.11. The molecule has 150 valence electrons. The Balaban J connectivity index is 1.85. The fraction of sp³-hybridized carbons (Fsp3) is 0.185. The summed E-state index contributed by atoms with van der Waals surface area (Å²) in [6, 6.07) is 16.9. The predicted octanol–water partition coefficient (Wildman–Crippen LogP) is 7.09. The minimum atomic E-state index is 0.693. The van der Waals surface area contributed by atoms with Crippen molar-refractivity contribution in [1.29, 1.82) is 0 Å². The third kappa shape index (κ3) is 3.71. The van der Waals surface area contributed by atoms with Gasteiger partial charge in [0.15, 0.2) is 0 Å². The summed E-state index contributed by atoms with van der Waals surface area (Å²) in [5.74, 6) is 0. The maximum absolute atomic E-state index is 6.22. The van der Waals surface area contributed by atoms with Crippen molar-refractivity contribution in [2.75, 3.05) is 7.05 Å². The van der Waals surface area contributed by atoms with E-state index in [-0.39, 0.29) is 0 Å². The summed E-state index contributed by atoms with van der Waals surface area (Å²) in [6.07, 6.45) is 6.16. The summed E-state index contributed by atoms with van der Waals surface area (Å²) in [6.45, 7) is 8.32. The van der Waals surface area contributed by atoms with Gasteiger partial charge in [0.2, 0.25) is 5.71 Å². The molecule has 0 aliphatic rings. The van der Waals surface area contributed by atoms with Crippen LogP contribution in [0.3, 0.4) is 0 Å². The molecule has 0 spiro atoms. The molecule has 2 heterocycles. The van der Waals surface area contributed by atoms with Gasteiger partial charge < -0.3 is 4.42 Å². The molecule has 4 rings (SSSR count). The number of aryl methyl sites for hydroxylation is 3. The molecule has 0 radical (unpaired) electrons. The van der Waals surface area contributed by atoms with E-state index >= 15 is 0 Å². The first-order valence-electron chi connectivity index (χ1n) is 10.2. The monoisotopic (exact) mass is 394 g/mol. The van der Waals surface area contributed by atoms with Gasteiger partial charge in [-0.1, -0.05) is 54.1 Å². The van der Waals surface area contributed by atoms with Gasteiger partial charge in [-0.25, -0.2) is 4.98 Å². The van der Waals surface area contributed by atoms with Gasteiger partial charge >= 0.3 is 0 Å². The molecule has 0 fully saturated rings. The van der Waals surface area contributed by atoms with Crippen LogP contribution in [0, 0.1) is 20.8 Å². The van der Waals surface area contributed by atoms with Gasteiger partial charge in [-0.3, -0.25) is 4.99 Å². The zero-order valence-corrected chi connectivity index (χ0v) is 18.2. The zero-order valence-electron chi connectivity index (χ0n) is 18.2. The number of rotatable bonds is 4. The van der Waals surface area contributed by atoms with Crippen molar-refractivity contribution in [2.45, 2.75) is 27.7 Å². The van der Waals surface area contributed by atoms with Crippen LogP contribution in [-0.4, -0.2) is 18.2 Å². The summed E-state index contributed by atoms with van der Waals surface area (Å²) < 4.78 is 6.22. The van der Waals surface area contributed by atoms with Crippen LogP contribution >= 0.6 is 0 Å². The quantitative estimate of drug-likeness (QED) is 0.274. The first kappa shape index (κ1) is 19.8. The number of fused-ring (bicyclic) bond motifs is 3. The molecule has 2 aromatic heterocycles. The molecular weight excluding hydrogens is 368 g/mol. The number of hydrogen-bond donors (Lipinski definition) is 0. The van der Waals surface area contributed by atoms with Crippen molar-refractivity contribution in [3.63, 3.8) is 0 Å². The molecule has 0 saturated carbocycles. The number of hydrogen-bond acceptors (Lipinski definition) is 3. The van der Waals surface area contributed by atoms with Crippen LogP contribution < -0.4 is 0 Å². The van der Waals surface area contributed by atoms with Crippen LogP contribution in [0.5, 0.6) is 0 Å².